The molecule has 0 aliphatic carbocycles. The van der Waals surface area contributed by atoms with Crippen LogP contribution in [0.25, 0.3) is 0 Å². The molecule has 2 aromatic rings. The number of hydrogen-bond acceptors (Lipinski definition) is 1. The van der Waals surface area contributed by atoms with Gasteiger partial charge in [0.1, 0.15) is 0 Å². The van der Waals surface area contributed by atoms with E-state index in [1.54, 1.807) is 11.3 Å². The summed E-state index contributed by atoms with van der Waals surface area (Å²) in [6.45, 7) is 0. The van der Waals surface area contributed by atoms with Crippen molar-refractivity contribution in [2.24, 2.45) is 0 Å². The fourth-order valence-corrected chi connectivity index (χ4v) is 4.21. The molecule has 17 heavy (non-hydrogen) atoms. The van der Waals surface area contributed by atoms with Gasteiger partial charge in [0.25, 0.3) is 0 Å². The van der Waals surface area contributed by atoms with Crippen LogP contribution >= 0.6 is 54.8 Å². The summed E-state index contributed by atoms with van der Waals surface area (Å²) >= 11 is 15.0. The molecule has 0 saturated heterocycles. The molecule has 1 atom stereocenters. The molecule has 0 nitrogen and oxygen atoms in total. The highest BCUT2D eigenvalue weighted by Gasteiger charge is 2.14. The van der Waals surface area contributed by atoms with Crippen molar-refractivity contribution in [2.45, 2.75) is 12.3 Å². The molecule has 0 N–H and O–H groups in total. The standard InChI is InChI=1S/C13H11Br2ClS/c14-12-4-2-1-3-11(12)9(8-16)7-10-5-6-13(15)17-10/h1-6,9H,7-8H2. The molecule has 0 saturated carbocycles. The minimum Gasteiger partial charge on any atom is -0.133 e. The van der Waals surface area contributed by atoms with Gasteiger partial charge in [-0.1, -0.05) is 34.1 Å². The predicted molar refractivity (Wildman–Crippen MR) is 83.3 cm³/mol. The predicted octanol–water partition coefficient (Wildman–Crippen LogP) is 5.84. The zero-order chi connectivity index (χ0) is 12.3. The van der Waals surface area contributed by atoms with Gasteiger partial charge >= 0.3 is 0 Å². The van der Waals surface area contributed by atoms with E-state index >= 15 is 0 Å². The van der Waals surface area contributed by atoms with Crippen LogP contribution in [0.15, 0.2) is 44.7 Å². The Morgan fingerprint density at radius 2 is 1.88 bits per heavy atom. The number of alkyl halides is 1. The monoisotopic (exact) mass is 392 g/mol. The molecule has 2 rings (SSSR count). The maximum absolute atomic E-state index is 6.10. The van der Waals surface area contributed by atoms with Gasteiger partial charge in [0.05, 0.1) is 3.79 Å². The number of rotatable bonds is 4. The molecule has 0 spiro atoms. The van der Waals surface area contributed by atoms with Gasteiger partial charge in [0.15, 0.2) is 0 Å². The summed E-state index contributed by atoms with van der Waals surface area (Å²) in [6, 6.07) is 12.5. The molecule has 0 fully saturated rings. The first-order valence-corrected chi connectivity index (χ1v) is 8.19. The summed E-state index contributed by atoms with van der Waals surface area (Å²) in [7, 11) is 0. The quantitative estimate of drug-likeness (QED) is 0.572. The highest BCUT2D eigenvalue weighted by atomic mass is 79.9. The first kappa shape index (κ1) is 13.6. The SMILES string of the molecule is ClCC(Cc1ccc(Br)s1)c1ccccc1Br. The molecular weight excluding hydrogens is 383 g/mol. The second kappa shape index (κ2) is 6.37. The number of halogens is 3. The normalized spacial score (nSPS) is 12.6. The fraction of sp³-hybridized carbons (Fsp3) is 0.231. The van der Waals surface area contributed by atoms with Crippen molar-refractivity contribution >= 4 is 54.8 Å². The Labute approximate surface area is 127 Å². The highest BCUT2D eigenvalue weighted by molar-refractivity contribution is 9.11. The molecule has 1 heterocycles. The van der Waals surface area contributed by atoms with Crippen molar-refractivity contribution in [3.8, 4) is 0 Å². The maximum Gasteiger partial charge on any atom is 0.0701 e. The van der Waals surface area contributed by atoms with Gasteiger partial charge in [-0.2, -0.15) is 0 Å². The van der Waals surface area contributed by atoms with Gasteiger partial charge in [-0.3, -0.25) is 0 Å². The van der Waals surface area contributed by atoms with Crippen LogP contribution in [0.4, 0.5) is 0 Å². The Hall–Kier alpha value is 0.170. The van der Waals surface area contributed by atoms with E-state index in [9.17, 15) is 0 Å². The molecule has 0 aliphatic heterocycles. The van der Waals surface area contributed by atoms with Gasteiger partial charge in [-0.25, -0.2) is 0 Å². The van der Waals surface area contributed by atoms with Gasteiger partial charge in [0.2, 0.25) is 0 Å². The van der Waals surface area contributed by atoms with E-state index < -0.39 is 0 Å². The third-order valence-corrected chi connectivity index (χ3v) is 5.35. The average molecular weight is 395 g/mol. The van der Waals surface area contributed by atoms with Crippen LogP contribution in [0.1, 0.15) is 16.4 Å². The molecule has 0 aliphatic rings. The summed E-state index contributed by atoms with van der Waals surface area (Å²) in [6.07, 6.45) is 0.988. The Balaban J connectivity index is 2.20. The lowest BCUT2D eigenvalue weighted by Gasteiger charge is -2.15. The second-order valence-corrected chi connectivity index (χ2v) is 7.49. The molecule has 4 heteroatoms. The first-order valence-electron chi connectivity index (χ1n) is 5.25. The Morgan fingerprint density at radius 3 is 2.47 bits per heavy atom. The fourth-order valence-electron chi connectivity index (χ4n) is 1.76. The number of benzene rings is 1. The van der Waals surface area contributed by atoms with Gasteiger partial charge in [0, 0.05) is 21.1 Å². The Morgan fingerprint density at radius 1 is 1.12 bits per heavy atom. The van der Waals surface area contributed by atoms with Gasteiger partial charge < -0.3 is 0 Å². The number of thiophene rings is 1. The largest absolute Gasteiger partial charge is 0.133 e. The van der Waals surface area contributed by atoms with Crippen molar-refractivity contribution in [3.05, 3.63) is 55.1 Å². The van der Waals surface area contributed by atoms with E-state index in [2.05, 4.69) is 62.2 Å². The zero-order valence-corrected chi connectivity index (χ0v) is 13.7. The van der Waals surface area contributed by atoms with Crippen LogP contribution in [-0.2, 0) is 6.42 Å². The molecule has 1 unspecified atom stereocenters. The van der Waals surface area contributed by atoms with Crippen molar-refractivity contribution in [3.63, 3.8) is 0 Å². The third kappa shape index (κ3) is 3.57. The summed E-state index contributed by atoms with van der Waals surface area (Å²) in [5.74, 6) is 0.996. The van der Waals surface area contributed by atoms with E-state index in [1.165, 1.54) is 14.2 Å². The summed E-state index contributed by atoms with van der Waals surface area (Å²) in [4.78, 5) is 1.36. The van der Waals surface area contributed by atoms with E-state index in [1.807, 2.05) is 6.07 Å². The smallest absolute Gasteiger partial charge is 0.0701 e. The Kier molecular flexibility index (Phi) is 5.10. The van der Waals surface area contributed by atoms with E-state index in [0.29, 0.717) is 11.8 Å². The molecule has 0 bridgehead atoms. The van der Waals surface area contributed by atoms with Crippen LogP contribution in [-0.4, -0.2) is 5.88 Å². The lowest BCUT2D eigenvalue weighted by atomic mass is 9.97. The second-order valence-electron chi connectivity index (χ2n) is 3.78. The lowest BCUT2D eigenvalue weighted by Crippen LogP contribution is -2.04. The first-order chi connectivity index (χ1) is 8.20. The van der Waals surface area contributed by atoms with E-state index in [-0.39, 0.29) is 0 Å². The minimum atomic E-state index is 0.359. The topological polar surface area (TPSA) is 0 Å². The number of hydrogen-bond donors (Lipinski definition) is 0. The van der Waals surface area contributed by atoms with E-state index in [0.717, 1.165) is 10.9 Å². The lowest BCUT2D eigenvalue weighted by molar-refractivity contribution is 0.772. The zero-order valence-electron chi connectivity index (χ0n) is 9.00. The summed E-state index contributed by atoms with van der Waals surface area (Å²) < 4.78 is 2.31. The molecule has 90 valence electrons. The molecule has 0 radical (unpaired) electrons. The molecular formula is C13H11Br2ClS. The summed E-state index contributed by atoms with van der Waals surface area (Å²) in [5.41, 5.74) is 1.28. The Bertz CT molecular complexity index is 496. The van der Waals surface area contributed by atoms with Crippen LogP contribution < -0.4 is 0 Å². The van der Waals surface area contributed by atoms with Crippen molar-refractivity contribution in [2.75, 3.05) is 5.88 Å². The minimum absolute atomic E-state index is 0.359. The van der Waals surface area contributed by atoms with Crippen LogP contribution in [0.5, 0.6) is 0 Å². The summed E-state index contributed by atoms with van der Waals surface area (Å²) in [5, 5.41) is 0. The van der Waals surface area contributed by atoms with Gasteiger partial charge in [-0.15, -0.1) is 22.9 Å². The van der Waals surface area contributed by atoms with E-state index in [4.69, 9.17) is 11.6 Å². The highest BCUT2D eigenvalue weighted by Crippen LogP contribution is 2.32. The van der Waals surface area contributed by atoms with Crippen LogP contribution in [0.3, 0.4) is 0 Å². The van der Waals surface area contributed by atoms with Gasteiger partial charge in [-0.05, 0) is 46.1 Å². The van der Waals surface area contributed by atoms with Crippen LogP contribution in [0.2, 0.25) is 0 Å². The van der Waals surface area contributed by atoms with Crippen molar-refractivity contribution in [1.29, 1.82) is 0 Å². The molecule has 1 aromatic carbocycles. The average Bonchev–Trinajstić information content (AvgIpc) is 2.73. The van der Waals surface area contributed by atoms with Crippen molar-refractivity contribution < 1.29 is 0 Å². The van der Waals surface area contributed by atoms with Crippen molar-refractivity contribution in [1.82, 2.24) is 0 Å². The molecule has 1 aromatic heterocycles. The van der Waals surface area contributed by atoms with Crippen LogP contribution in [0, 0.1) is 0 Å². The maximum atomic E-state index is 6.10. The third-order valence-electron chi connectivity index (χ3n) is 2.61. The molecule has 0 amide bonds.